The van der Waals surface area contributed by atoms with E-state index in [1.54, 1.807) is 0 Å². The van der Waals surface area contributed by atoms with E-state index < -0.39 is 65.7 Å². The summed E-state index contributed by atoms with van der Waals surface area (Å²) in [5.41, 5.74) is 1.48. The molecule has 31 atom stereocenters. The Morgan fingerprint density at radius 3 is 2.08 bits per heavy atom. The van der Waals surface area contributed by atoms with Crippen molar-refractivity contribution >= 4 is 5.97 Å². The number of aliphatic hydroxyl groups is 2. The van der Waals surface area contributed by atoms with Crippen LogP contribution in [0.25, 0.3) is 0 Å². The van der Waals surface area contributed by atoms with Crippen LogP contribution in [0.3, 0.4) is 0 Å². The van der Waals surface area contributed by atoms with Gasteiger partial charge in [-0.1, -0.05) is 40.9 Å². The molecule has 78 heavy (non-hydrogen) atoms. The normalized spacial score (nSPS) is 59.2. The first-order valence-corrected chi connectivity index (χ1v) is 30.6. The van der Waals surface area contributed by atoms with Gasteiger partial charge in [0.15, 0.2) is 17.4 Å². The summed E-state index contributed by atoms with van der Waals surface area (Å²) in [5, 5.41) is 20.7. The summed E-state index contributed by atoms with van der Waals surface area (Å²) in [6.07, 6.45) is 4.06. The second-order valence-electron chi connectivity index (χ2n) is 27.6. The number of hydrogen-bond donors (Lipinski definition) is 2. The molecule has 15 aliphatic heterocycles. The topological polar surface area (TPSA) is 196 Å². The molecule has 0 aromatic rings. The molecule has 15 fully saturated rings. The Kier molecular flexibility index (Phi) is 13.2. The standard InChI is InChI=1S/C60H86O18/c1-27-16-33-8-10-37-28(2)17-35(64-37)12-14-58-15-13-39-55(78-58)57(7)56(70-39)54(77-58)53-38(72-57)11-9-34(66-53)18-48(63)71-52-32(6)51-43(67-42(52)20-40(65-33)31(27)5)21-41-45(68-51)24-60(73-41)25-46-50(76-60)30(4)23-59(75-46)22-29(3)49-44(74-59)19-36(62)47(26-61)69-49/h27,29-30,32-47,49-56,61-62H,2,5,8-26H2,1,3-4,6-7H3/t27-,29+,30+,32+,33+,34-,35+,36-,37+,38+,39-,40?,41-,42+,43+,44+,45-,46+,47-,49+,50+,51+,52-,53+,54+,55?,56+,57+,58-,59-,60+/m1/s1. The third-order valence-electron chi connectivity index (χ3n) is 22.2. The minimum Gasteiger partial charge on any atom is -0.459 e. The molecular formula is C60H86O18. The van der Waals surface area contributed by atoms with E-state index in [9.17, 15) is 15.0 Å². The number of aliphatic hydroxyl groups excluding tert-OH is 2. The van der Waals surface area contributed by atoms with Gasteiger partial charge < -0.3 is 81.3 Å². The van der Waals surface area contributed by atoms with Crippen LogP contribution in [0.4, 0.5) is 0 Å². The third-order valence-corrected chi connectivity index (χ3v) is 22.2. The number of carbonyl (C=O) groups excluding carboxylic acids is 1. The molecule has 18 nitrogen and oxygen atoms in total. The van der Waals surface area contributed by atoms with E-state index in [1.807, 2.05) is 0 Å². The number of carbonyl (C=O) groups is 1. The molecular weight excluding hydrogens is 1010 g/mol. The summed E-state index contributed by atoms with van der Waals surface area (Å²) in [7, 11) is 0. The van der Waals surface area contributed by atoms with Crippen molar-refractivity contribution in [1.29, 1.82) is 0 Å². The molecule has 15 rings (SSSR count). The predicted octanol–water partition coefficient (Wildman–Crippen LogP) is 5.95. The molecule has 3 spiro atoms. The minimum atomic E-state index is -0.914. The van der Waals surface area contributed by atoms with E-state index in [2.05, 4.69) is 47.8 Å². The second kappa shape index (κ2) is 19.4. The molecule has 15 saturated heterocycles. The van der Waals surface area contributed by atoms with Crippen LogP contribution in [0.5, 0.6) is 0 Å². The molecule has 15 heterocycles. The molecule has 0 aromatic heterocycles. The van der Waals surface area contributed by atoms with Gasteiger partial charge in [-0.3, -0.25) is 4.79 Å². The van der Waals surface area contributed by atoms with E-state index in [1.165, 1.54) is 0 Å². The van der Waals surface area contributed by atoms with Gasteiger partial charge in [-0.05, 0) is 87.2 Å². The summed E-state index contributed by atoms with van der Waals surface area (Å²) < 4.78 is 104. The monoisotopic (exact) mass is 1090 g/mol. The van der Waals surface area contributed by atoms with Gasteiger partial charge in [0.2, 0.25) is 0 Å². The second-order valence-corrected chi connectivity index (χ2v) is 27.6. The maximum absolute atomic E-state index is 14.6. The first-order valence-electron chi connectivity index (χ1n) is 30.6. The lowest BCUT2D eigenvalue weighted by atomic mass is 9.78. The van der Waals surface area contributed by atoms with E-state index in [4.69, 9.17) is 71.1 Å². The lowest BCUT2D eigenvalue weighted by Crippen LogP contribution is -2.66. The molecule has 0 aliphatic carbocycles. The fraction of sp³-hybridized carbons (Fsp3) is 0.917. The van der Waals surface area contributed by atoms with Crippen molar-refractivity contribution < 1.29 is 86.1 Å². The molecule has 0 amide bonds. The molecule has 15 aliphatic rings. The fourth-order valence-electron chi connectivity index (χ4n) is 18.3. The maximum atomic E-state index is 14.6. The summed E-state index contributed by atoms with van der Waals surface area (Å²) in [5.74, 6) is -2.73. The van der Waals surface area contributed by atoms with Gasteiger partial charge in [0.25, 0.3) is 0 Å². The zero-order valence-corrected chi connectivity index (χ0v) is 46.4. The summed E-state index contributed by atoms with van der Waals surface area (Å²) in [6, 6.07) is 0. The smallest absolute Gasteiger partial charge is 0.308 e. The Hall–Kier alpha value is -1.69. The number of rotatable bonds is 1. The van der Waals surface area contributed by atoms with Gasteiger partial charge in [-0.25, -0.2) is 0 Å². The highest BCUT2D eigenvalue weighted by molar-refractivity contribution is 5.70. The van der Waals surface area contributed by atoms with Crippen molar-refractivity contribution in [3.63, 3.8) is 0 Å². The predicted molar refractivity (Wildman–Crippen MR) is 272 cm³/mol. The summed E-state index contributed by atoms with van der Waals surface area (Å²) in [4.78, 5) is 14.6. The van der Waals surface area contributed by atoms with Crippen LogP contribution < -0.4 is 0 Å². The molecule has 434 valence electrons. The van der Waals surface area contributed by atoms with Crippen molar-refractivity contribution in [3.05, 3.63) is 24.3 Å². The van der Waals surface area contributed by atoms with Crippen LogP contribution >= 0.6 is 0 Å². The third kappa shape index (κ3) is 8.78. The lowest BCUT2D eigenvalue weighted by molar-refractivity contribution is -0.371. The largest absolute Gasteiger partial charge is 0.459 e. The van der Waals surface area contributed by atoms with Crippen molar-refractivity contribution in [1.82, 2.24) is 0 Å². The van der Waals surface area contributed by atoms with Crippen molar-refractivity contribution in [2.75, 3.05) is 6.61 Å². The van der Waals surface area contributed by atoms with Gasteiger partial charge in [-0.15, -0.1) is 0 Å². The van der Waals surface area contributed by atoms with Gasteiger partial charge in [0.1, 0.15) is 42.2 Å². The van der Waals surface area contributed by atoms with Gasteiger partial charge in [0.05, 0.1) is 117 Å². The highest BCUT2D eigenvalue weighted by Gasteiger charge is 2.72. The molecule has 18 heteroatoms. The SMILES string of the molecule is C=C1C2C[C@@H]3O[C@H]4C[C@H]5O[C@@]6(C[C@@H]7O[C@]8(C[C@H](C)[C@@H]9O[C@H](CO)[C@H](O)C[C@@H]9O8)C[C@H](C)[C@@H]7O6)C[C@H]5O[C@H]4[C@H](C)[C@H]3OC(=O)C[C@H]3CC[C@@H]4O[C@@]5(C)C6O[C@]7(CC[C@H]8CC(=C)[C@H](CC[C@@H](C[C@H]1C)O2)O8)CC[C@H]6O[C@H]5[C@@H](O7)[C@H]4O3. The Morgan fingerprint density at radius 2 is 1.23 bits per heavy atom. The molecule has 0 saturated carbocycles. The average Bonchev–Trinajstić information content (AvgIpc) is 4.17. The van der Waals surface area contributed by atoms with Crippen LogP contribution in [0.2, 0.25) is 0 Å². The minimum absolute atomic E-state index is 0.0152. The Bertz CT molecular complexity index is 2340. The van der Waals surface area contributed by atoms with Crippen LogP contribution in [0, 0.1) is 23.7 Å². The average molecular weight is 1100 g/mol. The van der Waals surface area contributed by atoms with Gasteiger partial charge in [0, 0.05) is 63.7 Å². The highest BCUT2D eigenvalue weighted by Crippen LogP contribution is 2.59. The first kappa shape index (κ1) is 53.1. The van der Waals surface area contributed by atoms with Crippen LogP contribution in [0.15, 0.2) is 24.3 Å². The van der Waals surface area contributed by atoms with Crippen molar-refractivity contribution in [3.8, 4) is 0 Å². The van der Waals surface area contributed by atoms with Crippen LogP contribution in [0.1, 0.15) is 150 Å². The number of fused-ring (bicyclic) bond motifs is 10. The summed E-state index contributed by atoms with van der Waals surface area (Å²) >= 11 is 0. The molecule has 2 unspecified atom stereocenters. The zero-order chi connectivity index (χ0) is 53.4. The lowest BCUT2D eigenvalue weighted by Gasteiger charge is -2.54. The quantitative estimate of drug-likeness (QED) is 0.231. The van der Waals surface area contributed by atoms with E-state index >= 15 is 0 Å². The van der Waals surface area contributed by atoms with E-state index in [0.29, 0.717) is 70.6 Å². The Balaban J connectivity index is 0.674. The summed E-state index contributed by atoms with van der Waals surface area (Å²) in [6.45, 7) is 19.8. The van der Waals surface area contributed by atoms with Crippen LogP contribution in [-0.2, 0) is 75.8 Å². The zero-order valence-electron chi connectivity index (χ0n) is 46.4. The van der Waals surface area contributed by atoms with Crippen LogP contribution in [-0.4, -0.2) is 186 Å². The van der Waals surface area contributed by atoms with Gasteiger partial charge in [-0.2, -0.15) is 0 Å². The van der Waals surface area contributed by atoms with E-state index in [-0.39, 0.29) is 140 Å². The Labute approximate surface area is 458 Å². The fourth-order valence-corrected chi connectivity index (χ4v) is 18.3. The highest BCUT2D eigenvalue weighted by atomic mass is 16.8. The Morgan fingerprint density at radius 1 is 0.513 bits per heavy atom. The molecule has 0 radical (unpaired) electrons. The number of ether oxygens (including phenoxy) is 15. The molecule has 2 N–H and O–H groups in total. The number of esters is 1. The maximum Gasteiger partial charge on any atom is 0.308 e. The van der Waals surface area contributed by atoms with Crippen molar-refractivity contribution in [2.45, 2.75) is 314 Å². The van der Waals surface area contributed by atoms with Gasteiger partial charge >= 0.3 is 5.97 Å². The first-order chi connectivity index (χ1) is 37.4. The number of hydrogen-bond acceptors (Lipinski definition) is 18. The van der Waals surface area contributed by atoms with E-state index in [0.717, 1.165) is 49.7 Å². The molecule has 0 aromatic carbocycles. The molecule has 11 bridgehead atoms. The van der Waals surface area contributed by atoms with Crippen molar-refractivity contribution in [2.24, 2.45) is 23.7 Å².